The van der Waals surface area contributed by atoms with Gasteiger partial charge in [0.2, 0.25) is 5.79 Å². The molecule has 1 aromatic rings. The summed E-state index contributed by atoms with van der Waals surface area (Å²) in [4.78, 5) is 27.1. The number of rotatable bonds is 6. The smallest absolute Gasteiger partial charge is 0.410 e. The van der Waals surface area contributed by atoms with Crippen LogP contribution in [0.2, 0.25) is 0 Å². The van der Waals surface area contributed by atoms with Crippen molar-refractivity contribution < 1.29 is 28.5 Å². The second-order valence-electron chi connectivity index (χ2n) is 6.96. The van der Waals surface area contributed by atoms with E-state index in [0.717, 1.165) is 5.56 Å². The van der Waals surface area contributed by atoms with Crippen molar-refractivity contribution in [2.24, 2.45) is 5.41 Å². The van der Waals surface area contributed by atoms with Gasteiger partial charge in [0, 0.05) is 6.54 Å². The molecule has 0 aliphatic carbocycles. The third-order valence-corrected chi connectivity index (χ3v) is 5.31. The molecule has 0 aromatic heterocycles. The van der Waals surface area contributed by atoms with E-state index in [2.05, 4.69) is 6.58 Å². The van der Waals surface area contributed by atoms with Crippen molar-refractivity contribution in [2.75, 3.05) is 32.9 Å². The lowest BCUT2D eigenvalue weighted by Gasteiger charge is -2.50. The van der Waals surface area contributed by atoms with E-state index in [0.29, 0.717) is 32.6 Å². The molecule has 152 valence electrons. The van der Waals surface area contributed by atoms with Crippen molar-refractivity contribution in [1.82, 2.24) is 4.90 Å². The maximum absolute atomic E-state index is 12.9. The Morgan fingerprint density at radius 2 is 1.93 bits per heavy atom. The number of esters is 1. The van der Waals surface area contributed by atoms with E-state index in [1.54, 1.807) is 13.0 Å². The number of benzene rings is 1. The number of carbonyl (C=O) groups is 2. The Morgan fingerprint density at radius 1 is 1.21 bits per heavy atom. The zero-order chi connectivity index (χ0) is 20.0. The van der Waals surface area contributed by atoms with Crippen LogP contribution < -0.4 is 0 Å². The average Bonchev–Trinajstić information content (AvgIpc) is 3.18. The van der Waals surface area contributed by atoms with Crippen molar-refractivity contribution in [3.8, 4) is 0 Å². The molecule has 2 heterocycles. The topological polar surface area (TPSA) is 74.3 Å². The standard InChI is InChI=1S/C21H27NO6/c1-3-10-20(18(23)25-4-2)11-12-22(16-21(20)27-13-14-28-21)19(24)26-15-17-8-6-5-7-9-17/h3,5-9H,1,4,10-16H2,2H3. The summed E-state index contributed by atoms with van der Waals surface area (Å²) in [6.07, 6.45) is 1.91. The fourth-order valence-corrected chi connectivity index (χ4v) is 3.90. The van der Waals surface area contributed by atoms with Gasteiger partial charge in [0.1, 0.15) is 12.0 Å². The molecule has 1 aromatic carbocycles. The van der Waals surface area contributed by atoms with Crippen molar-refractivity contribution in [3.05, 3.63) is 48.6 Å². The highest BCUT2D eigenvalue weighted by Gasteiger charge is 2.64. The molecule has 0 N–H and O–H groups in total. The largest absolute Gasteiger partial charge is 0.465 e. The first-order valence-electron chi connectivity index (χ1n) is 9.58. The van der Waals surface area contributed by atoms with Crippen LogP contribution in [0.15, 0.2) is 43.0 Å². The van der Waals surface area contributed by atoms with Crippen LogP contribution in [-0.2, 0) is 30.3 Å². The maximum Gasteiger partial charge on any atom is 0.410 e. The number of nitrogens with zero attached hydrogens (tertiary/aromatic N) is 1. The van der Waals surface area contributed by atoms with Gasteiger partial charge in [-0.1, -0.05) is 36.4 Å². The van der Waals surface area contributed by atoms with Crippen LogP contribution in [0.25, 0.3) is 0 Å². The average molecular weight is 389 g/mol. The molecule has 1 atom stereocenters. The highest BCUT2D eigenvalue weighted by Crippen LogP contribution is 2.49. The number of hydrogen-bond acceptors (Lipinski definition) is 6. The van der Waals surface area contributed by atoms with Gasteiger partial charge in [-0.3, -0.25) is 4.79 Å². The molecule has 2 fully saturated rings. The van der Waals surface area contributed by atoms with Gasteiger partial charge in [-0.15, -0.1) is 6.58 Å². The molecule has 2 aliphatic rings. The van der Waals surface area contributed by atoms with Gasteiger partial charge in [-0.05, 0) is 25.3 Å². The Hall–Kier alpha value is -2.38. The third-order valence-electron chi connectivity index (χ3n) is 5.31. The van der Waals surface area contributed by atoms with Crippen LogP contribution in [-0.4, -0.2) is 55.7 Å². The predicted molar refractivity (Wildman–Crippen MR) is 101 cm³/mol. The number of ether oxygens (including phenoxy) is 4. The summed E-state index contributed by atoms with van der Waals surface area (Å²) in [5, 5.41) is 0. The number of amides is 1. The van der Waals surface area contributed by atoms with Crippen LogP contribution in [0, 0.1) is 5.41 Å². The Kier molecular flexibility index (Phi) is 6.36. The zero-order valence-electron chi connectivity index (χ0n) is 16.2. The van der Waals surface area contributed by atoms with E-state index < -0.39 is 17.3 Å². The molecule has 7 nitrogen and oxygen atoms in total. The summed E-state index contributed by atoms with van der Waals surface area (Å²) in [5.74, 6) is -1.63. The van der Waals surface area contributed by atoms with E-state index in [9.17, 15) is 9.59 Å². The van der Waals surface area contributed by atoms with Crippen LogP contribution in [0.4, 0.5) is 4.79 Å². The van der Waals surface area contributed by atoms with E-state index in [1.807, 2.05) is 30.3 Å². The minimum Gasteiger partial charge on any atom is -0.465 e. The van der Waals surface area contributed by atoms with Crippen molar-refractivity contribution in [3.63, 3.8) is 0 Å². The minimum atomic E-state index is -1.25. The quantitative estimate of drug-likeness (QED) is 0.550. The van der Waals surface area contributed by atoms with Gasteiger partial charge >= 0.3 is 12.1 Å². The second kappa shape index (κ2) is 8.75. The molecule has 0 radical (unpaired) electrons. The lowest BCUT2D eigenvalue weighted by atomic mass is 9.70. The van der Waals surface area contributed by atoms with Gasteiger partial charge < -0.3 is 23.8 Å². The van der Waals surface area contributed by atoms with Gasteiger partial charge in [-0.2, -0.15) is 0 Å². The van der Waals surface area contributed by atoms with Gasteiger partial charge in [0.25, 0.3) is 0 Å². The maximum atomic E-state index is 12.9. The molecule has 1 unspecified atom stereocenters. The first-order chi connectivity index (χ1) is 13.6. The summed E-state index contributed by atoms with van der Waals surface area (Å²) in [6, 6.07) is 9.47. The molecule has 7 heteroatoms. The Labute approximate surface area is 165 Å². The van der Waals surface area contributed by atoms with E-state index in [1.165, 1.54) is 4.90 Å². The van der Waals surface area contributed by atoms with E-state index in [-0.39, 0.29) is 25.7 Å². The molecule has 0 saturated carbocycles. The van der Waals surface area contributed by atoms with Crippen LogP contribution in [0.3, 0.4) is 0 Å². The monoisotopic (exact) mass is 389 g/mol. The first-order valence-corrected chi connectivity index (χ1v) is 9.58. The van der Waals surface area contributed by atoms with Crippen LogP contribution in [0.5, 0.6) is 0 Å². The zero-order valence-corrected chi connectivity index (χ0v) is 16.2. The summed E-state index contributed by atoms with van der Waals surface area (Å²) >= 11 is 0. The number of piperidine rings is 1. The van der Waals surface area contributed by atoms with Gasteiger partial charge in [0.15, 0.2) is 0 Å². The fourth-order valence-electron chi connectivity index (χ4n) is 3.90. The number of allylic oxidation sites excluding steroid dienone is 1. The summed E-state index contributed by atoms with van der Waals surface area (Å²) in [5.41, 5.74) is -0.124. The van der Waals surface area contributed by atoms with Gasteiger partial charge in [0.05, 0.1) is 26.4 Å². The lowest BCUT2D eigenvalue weighted by Crippen LogP contribution is -2.65. The summed E-state index contributed by atoms with van der Waals surface area (Å²) < 4.78 is 22.7. The predicted octanol–water partition coefficient (Wildman–Crippen LogP) is 2.90. The third kappa shape index (κ3) is 3.77. The highest BCUT2D eigenvalue weighted by atomic mass is 16.7. The molecule has 0 bridgehead atoms. The molecular formula is C21H27NO6. The molecular weight excluding hydrogens is 362 g/mol. The van der Waals surface area contributed by atoms with Crippen molar-refractivity contribution in [2.45, 2.75) is 32.2 Å². The number of carbonyl (C=O) groups excluding carboxylic acids is 2. The Balaban J connectivity index is 1.76. The number of hydrogen-bond donors (Lipinski definition) is 0. The molecule has 2 aliphatic heterocycles. The molecule has 2 saturated heterocycles. The molecule has 1 spiro atoms. The number of likely N-dealkylation sites (tertiary alicyclic amines) is 1. The van der Waals surface area contributed by atoms with E-state index in [4.69, 9.17) is 18.9 Å². The summed E-state index contributed by atoms with van der Waals surface area (Å²) in [7, 11) is 0. The SMILES string of the molecule is C=CCC1(C(=O)OCC)CCN(C(=O)OCc2ccccc2)CC12OCCO2. The lowest BCUT2D eigenvalue weighted by molar-refractivity contribution is -0.264. The van der Waals surface area contributed by atoms with E-state index >= 15 is 0 Å². The molecule has 1 amide bonds. The second-order valence-corrected chi connectivity index (χ2v) is 6.96. The van der Waals surface area contributed by atoms with Gasteiger partial charge in [-0.25, -0.2) is 4.79 Å². The minimum absolute atomic E-state index is 0.104. The Bertz CT molecular complexity index is 700. The summed E-state index contributed by atoms with van der Waals surface area (Å²) in [6.45, 7) is 7.15. The molecule has 28 heavy (non-hydrogen) atoms. The highest BCUT2D eigenvalue weighted by molar-refractivity contribution is 5.79. The van der Waals surface area contributed by atoms with Crippen LogP contribution in [0.1, 0.15) is 25.3 Å². The van der Waals surface area contributed by atoms with Crippen molar-refractivity contribution >= 4 is 12.1 Å². The normalized spacial score (nSPS) is 23.4. The molecule has 3 rings (SSSR count). The Morgan fingerprint density at radius 3 is 2.57 bits per heavy atom. The fraction of sp³-hybridized carbons (Fsp3) is 0.524. The van der Waals surface area contributed by atoms with Crippen LogP contribution >= 0.6 is 0 Å². The first kappa shape index (κ1) is 20.4. The van der Waals surface area contributed by atoms with Crippen molar-refractivity contribution in [1.29, 1.82) is 0 Å².